The fraction of sp³-hybridized carbons (Fsp3) is 0.0714. The summed E-state index contributed by atoms with van der Waals surface area (Å²) in [5.41, 5.74) is 1.92. The van der Waals surface area contributed by atoms with Crippen LogP contribution < -0.4 is 0 Å². The topological polar surface area (TPSA) is 46.3 Å². The third kappa shape index (κ3) is 1.46. The van der Waals surface area contributed by atoms with Gasteiger partial charge in [0.25, 0.3) is 0 Å². The summed E-state index contributed by atoms with van der Waals surface area (Å²) in [4.78, 5) is 0. The normalized spacial score (nSPS) is 11.0. The molecular formula is C14H10FNO2. The zero-order valence-corrected chi connectivity index (χ0v) is 9.64. The van der Waals surface area contributed by atoms with Gasteiger partial charge in [-0.05, 0) is 31.2 Å². The van der Waals surface area contributed by atoms with Gasteiger partial charge < -0.3 is 9.63 Å². The van der Waals surface area contributed by atoms with Crippen molar-refractivity contribution in [3.63, 3.8) is 0 Å². The molecule has 90 valence electrons. The summed E-state index contributed by atoms with van der Waals surface area (Å²) in [6.45, 7) is 1.73. The van der Waals surface area contributed by atoms with Gasteiger partial charge in [0.2, 0.25) is 0 Å². The molecule has 1 heterocycles. The highest BCUT2D eigenvalue weighted by Crippen LogP contribution is 2.34. The third-order valence-corrected chi connectivity index (χ3v) is 2.99. The van der Waals surface area contributed by atoms with E-state index in [0.717, 1.165) is 0 Å². The summed E-state index contributed by atoms with van der Waals surface area (Å²) in [5, 5.41) is 14.2. The highest BCUT2D eigenvalue weighted by atomic mass is 19.1. The number of hydrogen-bond donors (Lipinski definition) is 1. The number of benzene rings is 2. The fourth-order valence-corrected chi connectivity index (χ4v) is 1.97. The molecule has 0 saturated carbocycles. The Hall–Kier alpha value is -2.36. The molecule has 0 spiro atoms. The van der Waals surface area contributed by atoms with E-state index in [1.54, 1.807) is 37.3 Å². The van der Waals surface area contributed by atoms with Gasteiger partial charge in [0, 0.05) is 11.1 Å². The fourth-order valence-electron chi connectivity index (χ4n) is 1.97. The van der Waals surface area contributed by atoms with Gasteiger partial charge in [0.1, 0.15) is 17.3 Å². The Labute approximate surface area is 102 Å². The highest BCUT2D eigenvalue weighted by Gasteiger charge is 2.16. The summed E-state index contributed by atoms with van der Waals surface area (Å²) >= 11 is 0. The van der Waals surface area contributed by atoms with E-state index in [4.69, 9.17) is 4.52 Å². The maximum Gasteiger partial charge on any atom is 0.174 e. The minimum Gasteiger partial charge on any atom is -0.508 e. The molecule has 0 aliphatic carbocycles. The van der Waals surface area contributed by atoms with Gasteiger partial charge in [0.05, 0.1) is 5.39 Å². The van der Waals surface area contributed by atoms with Gasteiger partial charge in [-0.3, -0.25) is 0 Å². The lowest BCUT2D eigenvalue weighted by Crippen LogP contribution is -1.84. The van der Waals surface area contributed by atoms with Crippen LogP contribution in [0.25, 0.3) is 22.2 Å². The van der Waals surface area contributed by atoms with Gasteiger partial charge in [-0.1, -0.05) is 17.3 Å². The molecule has 3 nitrogen and oxygen atoms in total. The standard InChI is InChI=1S/C14H10FNO2/c1-8-12(17)7-6-10-13(16-18-14(8)10)9-4-2-3-5-11(9)15/h2-7,17H,1H3. The average molecular weight is 243 g/mol. The molecule has 0 radical (unpaired) electrons. The molecular weight excluding hydrogens is 233 g/mol. The largest absolute Gasteiger partial charge is 0.508 e. The maximum atomic E-state index is 13.7. The molecule has 0 unspecified atom stereocenters. The van der Waals surface area contributed by atoms with Crippen LogP contribution in [0.1, 0.15) is 5.56 Å². The summed E-state index contributed by atoms with van der Waals surface area (Å²) in [6.07, 6.45) is 0. The molecule has 3 rings (SSSR count). The van der Waals surface area contributed by atoms with Crippen molar-refractivity contribution in [2.75, 3.05) is 0 Å². The van der Waals surface area contributed by atoms with Crippen LogP contribution in [-0.4, -0.2) is 10.3 Å². The highest BCUT2D eigenvalue weighted by molar-refractivity contribution is 5.94. The molecule has 0 fully saturated rings. The Morgan fingerprint density at radius 3 is 2.72 bits per heavy atom. The zero-order valence-electron chi connectivity index (χ0n) is 9.64. The number of phenols is 1. The van der Waals surface area contributed by atoms with Gasteiger partial charge in [-0.25, -0.2) is 4.39 Å². The number of halogens is 1. The minimum absolute atomic E-state index is 0.138. The van der Waals surface area contributed by atoms with Gasteiger partial charge in [0.15, 0.2) is 5.58 Å². The molecule has 3 aromatic rings. The lowest BCUT2D eigenvalue weighted by Gasteiger charge is -2.00. The molecule has 0 atom stereocenters. The molecule has 0 amide bonds. The summed E-state index contributed by atoms with van der Waals surface area (Å²) in [7, 11) is 0. The van der Waals surface area contributed by atoms with Crippen molar-refractivity contribution in [1.29, 1.82) is 0 Å². The number of hydrogen-bond acceptors (Lipinski definition) is 3. The Morgan fingerprint density at radius 2 is 1.94 bits per heavy atom. The van der Waals surface area contributed by atoms with Crippen LogP contribution >= 0.6 is 0 Å². The lowest BCUT2D eigenvalue weighted by atomic mass is 10.1. The second-order valence-electron chi connectivity index (χ2n) is 4.10. The first-order chi connectivity index (χ1) is 8.68. The average Bonchev–Trinajstić information content (AvgIpc) is 2.79. The molecule has 1 N–H and O–H groups in total. The predicted octanol–water partition coefficient (Wildman–Crippen LogP) is 3.65. The van der Waals surface area contributed by atoms with E-state index < -0.39 is 0 Å². The SMILES string of the molecule is Cc1c(O)ccc2c(-c3ccccc3F)noc12. The number of nitrogens with zero attached hydrogens (tertiary/aromatic N) is 1. The Kier molecular flexibility index (Phi) is 2.30. The first-order valence-electron chi connectivity index (χ1n) is 5.51. The first-order valence-corrected chi connectivity index (χ1v) is 5.51. The molecule has 2 aromatic carbocycles. The Bertz CT molecular complexity index is 734. The summed E-state index contributed by atoms with van der Waals surface area (Å²) in [6, 6.07) is 9.62. The van der Waals surface area contributed by atoms with Crippen molar-refractivity contribution in [1.82, 2.24) is 5.16 Å². The van der Waals surface area contributed by atoms with Crippen LogP contribution in [0, 0.1) is 12.7 Å². The number of aromatic hydroxyl groups is 1. The number of rotatable bonds is 1. The summed E-state index contributed by atoms with van der Waals surface area (Å²) < 4.78 is 18.9. The zero-order chi connectivity index (χ0) is 12.7. The second-order valence-corrected chi connectivity index (χ2v) is 4.10. The molecule has 18 heavy (non-hydrogen) atoms. The van der Waals surface area contributed by atoms with Crippen molar-refractivity contribution < 1.29 is 14.0 Å². The van der Waals surface area contributed by atoms with E-state index in [-0.39, 0.29) is 11.6 Å². The molecule has 0 aliphatic rings. The van der Waals surface area contributed by atoms with Crippen LogP contribution in [0.3, 0.4) is 0 Å². The van der Waals surface area contributed by atoms with E-state index in [2.05, 4.69) is 5.16 Å². The Morgan fingerprint density at radius 1 is 1.17 bits per heavy atom. The van der Waals surface area contributed by atoms with Crippen molar-refractivity contribution in [2.24, 2.45) is 0 Å². The number of aromatic nitrogens is 1. The smallest absolute Gasteiger partial charge is 0.174 e. The third-order valence-electron chi connectivity index (χ3n) is 2.99. The maximum absolute atomic E-state index is 13.7. The Balaban J connectivity index is 2.32. The van der Waals surface area contributed by atoms with Crippen molar-refractivity contribution in [3.8, 4) is 17.0 Å². The molecule has 0 bridgehead atoms. The van der Waals surface area contributed by atoms with Crippen molar-refractivity contribution in [2.45, 2.75) is 6.92 Å². The van der Waals surface area contributed by atoms with Crippen LogP contribution in [0.5, 0.6) is 5.75 Å². The molecule has 1 aromatic heterocycles. The van der Waals surface area contributed by atoms with Gasteiger partial charge in [-0.2, -0.15) is 0 Å². The van der Waals surface area contributed by atoms with E-state index in [0.29, 0.717) is 27.8 Å². The van der Waals surface area contributed by atoms with Crippen LogP contribution in [0.2, 0.25) is 0 Å². The first kappa shape index (κ1) is 10.8. The van der Waals surface area contributed by atoms with E-state index >= 15 is 0 Å². The molecule has 0 aliphatic heterocycles. The minimum atomic E-state index is -0.349. The number of phenolic OH excluding ortho intramolecular Hbond substituents is 1. The van der Waals surface area contributed by atoms with Crippen LogP contribution in [0.15, 0.2) is 40.9 Å². The van der Waals surface area contributed by atoms with Crippen LogP contribution in [0.4, 0.5) is 4.39 Å². The van der Waals surface area contributed by atoms with Gasteiger partial charge in [-0.15, -0.1) is 0 Å². The number of fused-ring (bicyclic) bond motifs is 1. The van der Waals surface area contributed by atoms with Gasteiger partial charge >= 0.3 is 0 Å². The van der Waals surface area contributed by atoms with E-state index in [9.17, 15) is 9.50 Å². The quantitative estimate of drug-likeness (QED) is 0.709. The predicted molar refractivity (Wildman–Crippen MR) is 65.8 cm³/mol. The van der Waals surface area contributed by atoms with Crippen molar-refractivity contribution >= 4 is 11.0 Å². The molecule has 4 heteroatoms. The second kappa shape index (κ2) is 3.84. The number of aryl methyl sites for hydroxylation is 1. The van der Waals surface area contributed by atoms with E-state index in [1.165, 1.54) is 6.07 Å². The van der Waals surface area contributed by atoms with E-state index in [1.807, 2.05) is 0 Å². The van der Waals surface area contributed by atoms with Crippen LogP contribution in [-0.2, 0) is 0 Å². The summed E-state index contributed by atoms with van der Waals surface area (Å²) in [5.74, 6) is -0.211. The lowest BCUT2D eigenvalue weighted by molar-refractivity contribution is 0.447. The molecule has 0 saturated heterocycles. The monoisotopic (exact) mass is 243 g/mol. The van der Waals surface area contributed by atoms with Crippen molar-refractivity contribution in [3.05, 3.63) is 47.8 Å².